The summed E-state index contributed by atoms with van der Waals surface area (Å²) < 4.78 is 9.10. The summed E-state index contributed by atoms with van der Waals surface area (Å²) in [4.78, 5) is 9.70. The lowest BCUT2D eigenvalue weighted by Gasteiger charge is -1.89. The summed E-state index contributed by atoms with van der Waals surface area (Å²) in [5.74, 6) is -0.972. The van der Waals surface area contributed by atoms with Gasteiger partial charge in [-0.3, -0.25) is 4.79 Å². The Morgan fingerprint density at radius 1 is 1.50 bits per heavy atom. The first-order chi connectivity index (χ1) is 5.56. The lowest BCUT2D eigenvalue weighted by Crippen LogP contribution is -2.03. The van der Waals surface area contributed by atoms with Gasteiger partial charge in [-0.1, -0.05) is 13.8 Å². The van der Waals surface area contributed by atoms with Gasteiger partial charge in [0.2, 0.25) is 0 Å². The Hall–Kier alpha value is -0.130. The summed E-state index contributed by atoms with van der Waals surface area (Å²) in [5, 5.41) is 7.99. The fourth-order valence-electron chi connectivity index (χ4n) is 0.115. The van der Waals surface area contributed by atoms with Crippen molar-refractivity contribution in [3.05, 3.63) is 0 Å². The van der Waals surface area contributed by atoms with E-state index >= 15 is 0 Å². The van der Waals surface area contributed by atoms with Gasteiger partial charge in [-0.05, 0) is 0 Å². The maximum absolute atomic E-state index is 9.70. The molecule has 0 radical (unpaired) electrons. The Balaban J connectivity index is 0. The Kier molecular flexibility index (Phi) is 13.0. The molecule has 0 saturated heterocycles. The predicted octanol–water partition coefficient (Wildman–Crippen LogP) is 1.69. The van der Waals surface area contributed by atoms with Gasteiger partial charge in [0.15, 0.2) is 0 Å². The summed E-state index contributed by atoms with van der Waals surface area (Å²) in [7, 11) is 1.63. The van der Waals surface area contributed by atoms with Crippen LogP contribution < -0.4 is 0 Å². The van der Waals surface area contributed by atoms with Gasteiger partial charge in [-0.25, -0.2) is 0 Å². The van der Waals surface area contributed by atoms with Gasteiger partial charge in [0.05, 0.1) is 35.4 Å². The second-order valence-electron chi connectivity index (χ2n) is 2.30. The Morgan fingerprint density at radius 2 is 1.92 bits per heavy atom. The summed E-state index contributed by atoms with van der Waals surface area (Å²) in [6.45, 7) is 4.53. The van der Waals surface area contributed by atoms with Crippen molar-refractivity contribution in [3.8, 4) is 0 Å². The molecule has 0 unspecified atom stereocenters. The Bertz CT molecular complexity index is 102. The smallest absolute Gasteiger partial charge is 0.305 e. The van der Waals surface area contributed by atoms with Crippen molar-refractivity contribution in [2.45, 2.75) is 13.8 Å². The highest BCUT2D eigenvalue weighted by Crippen LogP contribution is 1.87. The van der Waals surface area contributed by atoms with Gasteiger partial charge in [0, 0.05) is 7.11 Å². The second-order valence-corrected chi connectivity index (χ2v) is 2.76. The zero-order chi connectivity index (χ0) is 9.98. The van der Waals surface area contributed by atoms with E-state index in [-0.39, 0.29) is 5.92 Å². The number of hydrogen-bond donors (Lipinski definition) is 1. The van der Waals surface area contributed by atoms with E-state index in [1.165, 1.54) is 0 Å². The third-order valence-corrected chi connectivity index (χ3v) is 1.18. The molecular weight excluding hydrogens is 228 g/mol. The zero-order valence-electron chi connectivity index (χ0n) is 7.54. The van der Waals surface area contributed by atoms with Crippen LogP contribution >= 0.6 is 16.3 Å². The SMILES string of the molecule is CC(C)C(=O)O.COCCOBr. The lowest BCUT2D eigenvalue weighted by molar-refractivity contribution is -0.140. The first-order valence-corrected chi connectivity index (χ1v) is 4.16. The average Bonchev–Trinajstić information content (AvgIpc) is 2.02. The maximum Gasteiger partial charge on any atom is 0.305 e. The minimum Gasteiger partial charge on any atom is -0.481 e. The van der Waals surface area contributed by atoms with Crippen LogP contribution in [0.15, 0.2) is 0 Å². The van der Waals surface area contributed by atoms with Gasteiger partial charge < -0.3 is 13.7 Å². The van der Waals surface area contributed by atoms with Crippen LogP contribution in [0.3, 0.4) is 0 Å². The first kappa shape index (κ1) is 14.4. The molecule has 12 heavy (non-hydrogen) atoms. The number of ether oxygens (including phenoxy) is 1. The number of carboxylic acid groups (broad SMARTS) is 1. The van der Waals surface area contributed by atoms with Crippen LogP contribution in [0.5, 0.6) is 0 Å². The van der Waals surface area contributed by atoms with Crippen LogP contribution in [-0.2, 0) is 13.4 Å². The quantitative estimate of drug-likeness (QED) is 0.763. The van der Waals surface area contributed by atoms with Crippen LogP contribution in [0.2, 0.25) is 0 Å². The van der Waals surface area contributed by atoms with Crippen LogP contribution in [0, 0.1) is 5.92 Å². The molecule has 0 aromatic rings. The molecule has 5 heteroatoms. The second kappa shape index (κ2) is 10.9. The normalized spacial score (nSPS) is 9.08. The van der Waals surface area contributed by atoms with Crippen molar-refractivity contribution >= 4 is 22.2 Å². The van der Waals surface area contributed by atoms with E-state index in [4.69, 9.17) is 5.11 Å². The van der Waals surface area contributed by atoms with Crippen molar-refractivity contribution < 1.29 is 18.5 Å². The van der Waals surface area contributed by atoms with E-state index in [1.54, 1.807) is 21.0 Å². The van der Waals surface area contributed by atoms with Gasteiger partial charge in [0.1, 0.15) is 0 Å². The minimum absolute atomic E-state index is 0.231. The number of methoxy groups -OCH3 is 1. The molecule has 0 fully saturated rings. The van der Waals surface area contributed by atoms with Crippen molar-refractivity contribution in [1.82, 2.24) is 0 Å². The molecule has 0 rings (SSSR count). The fraction of sp³-hybridized carbons (Fsp3) is 0.857. The predicted molar refractivity (Wildman–Crippen MR) is 49.2 cm³/mol. The number of rotatable bonds is 4. The molecule has 0 atom stereocenters. The molecule has 0 spiro atoms. The molecule has 1 N–H and O–H groups in total. The monoisotopic (exact) mass is 242 g/mol. The molecule has 0 aromatic carbocycles. The molecule has 74 valence electrons. The molecule has 0 heterocycles. The molecule has 0 amide bonds. The number of carbonyl (C=O) groups is 1. The topological polar surface area (TPSA) is 55.8 Å². The molecule has 4 nitrogen and oxygen atoms in total. The van der Waals surface area contributed by atoms with E-state index < -0.39 is 5.97 Å². The summed E-state index contributed by atoms with van der Waals surface area (Å²) in [6, 6.07) is 0. The van der Waals surface area contributed by atoms with Crippen molar-refractivity contribution in [2.75, 3.05) is 20.3 Å². The van der Waals surface area contributed by atoms with Crippen molar-refractivity contribution in [3.63, 3.8) is 0 Å². The standard InChI is InChI=1S/C4H8O2.C3H7BrO2/c1-3(2)4(5)6;1-5-2-3-6-4/h3H,1-2H3,(H,5,6);2-3H2,1H3. The molecule has 0 aliphatic heterocycles. The van der Waals surface area contributed by atoms with E-state index in [0.717, 1.165) is 0 Å². The van der Waals surface area contributed by atoms with Crippen LogP contribution in [0.4, 0.5) is 0 Å². The molecule has 0 aliphatic carbocycles. The maximum atomic E-state index is 9.70. The van der Waals surface area contributed by atoms with Crippen molar-refractivity contribution in [1.29, 1.82) is 0 Å². The van der Waals surface area contributed by atoms with Gasteiger partial charge >= 0.3 is 5.97 Å². The third-order valence-electron chi connectivity index (χ3n) is 0.859. The van der Waals surface area contributed by atoms with E-state index in [1.807, 2.05) is 0 Å². The highest BCUT2D eigenvalue weighted by molar-refractivity contribution is 9.06. The van der Waals surface area contributed by atoms with Crippen LogP contribution in [-0.4, -0.2) is 31.4 Å². The van der Waals surface area contributed by atoms with Gasteiger partial charge in [-0.2, -0.15) is 0 Å². The molecule has 0 aliphatic rings. The molecule has 0 bridgehead atoms. The average molecular weight is 243 g/mol. The first-order valence-electron chi connectivity index (χ1n) is 3.51. The highest BCUT2D eigenvalue weighted by Gasteiger charge is 1.99. The summed E-state index contributed by atoms with van der Waals surface area (Å²) >= 11 is 2.77. The largest absolute Gasteiger partial charge is 0.481 e. The molecular formula is C7H15BrO4. The number of hydrogen-bond acceptors (Lipinski definition) is 3. The van der Waals surface area contributed by atoms with E-state index in [2.05, 4.69) is 24.8 Å². The highest BCUT2D eigenvalue weighted by atomic mass is 79.9. The summed E-state index contributed by atoms with van der Waals surface area (Å²) in [5.41, 5.74) is 0. The lowest BCUT2D eigenvalue weighted by atomic mass is 10.2. The molecule has 0 aromatic heterocycles. The van der Waals surface area contributed by atoms with Gasteiger partial charge in [0.25, 0.3) is 0 Å². The minimum atomic E-state index is -0.741. The van der Waals surface area contributed by atoms with Crippen molar-refractivity contribution in [2.24, 2.45) is 5.92 Å². The fourth-order valence-corrected chi connectivity index (χ4v) is 0.247. The van der Waals surface area contributed by atoms with E-state index in [0.29, 0.717) is 13.2 Å². The Labute approximate surface area is 81.3 Å². The number of carboxylic acids is 1. The van der Waals surface area contributed by atoms with E-state index in [9.17, 15) is 4.79 Å². The number of aliphatic carboxylic acids is 1. The summed E-state index contributed by atoms with van der Waals surface area (Å²) in [6.07, 6.45) is 0. The zero-order valence-corrected chi connectivity index (χ0v) is 9.13. The number of halogens is 1. The third kappa shape index (κ3) is 16.5. The Morgan fingerprint density at radius 3 is 2.00 bits per heavy atom. The van der Waals surface area contributed by atoms with Crippen LogP contribution in [0.25, 0.3) is 0 Å². The van der Waals surface area contributed by atoms with Crippen LogP contribution in [0.1, 0.15) is 13.8 Å². The van der Waals surface area contributed by atoms with Gasteiger partial charge in [-0.15, -0.1) is 0 Å². The molecule has 0 saturated carbocycles.